The van der Waals surface area contributed by atoms with E-state index < -0.39 is 0 Å². The van der Waals surface area contributed by atoms with Gasteiger partial charge in [0.05, 0.1) is 0 Å². The molecule has 0 aliphatic rings. The lowest BCUT2D eigenvalue weighted by Gasteiger charge is -2.02. The molecule has 2 aromatic rings. The van der Waals surface area contributed by atoms with E-state index in [-0.39, 0.29) is 5.82 Å². The first-order valence-corrected chi connectivity index (χ1v) is 4.99. The number of aromatic nitrogens is 1. The lowest BCUT2D eigenvalue weighted by Crippen LogP contribution is -1.94. The van der Waals surface area contributed by atoms with E-state index in [1.807, 2.05) is 5.38 Å². The number of rotatable bonds is 3. The van der Waals surface area contributed by atoms with Gasteiger partial charge in [-0.05, 0) is 24.3 Å². The molecule has 4 heteroatoms. The second kappa shape index (κ2) is 4.19. The zero-order valence-corrected chi connectivity index (χ0v) is 8.13. The van der Waals surface area contributed by atoms with E-state index in [2.05, 4.69) is 4.98 Å². The molecule has 0 radical (unpaired) electrons. The summed E-state index contributed by atoms with van der Waals surface area (Å²) in [6.45, 7) is 0.434. The maximum Gasteiger partial charge on any atom is 0.140 e. The van der Waals surface area contributed by atoms with Gasteiger partial charge in [0.2, 0.25) is 0 Å². The minimum absolute atomic E-state index is 0.258. The third kappa shape index (κ3) is 2.29. The van der Waals surface area contributed by atoms with Crippen molar-refractivity contribution in [3.05, 3.63) is 46.7 Å². The van der Waals surface area contributed by atoms with Crippen molar-refractivity contribution in [1.29, 1.82) is 0 Å². The predicted molar refractivity (Wildman–Crippen MR) is 52.8 cm³/mol. The summed E-state index contributed by atoms with van der Waals surface area (Å²) in [7, 11) is 0. The van der Waals surface area contributed by atoms with Crippen LogP contribution in [0.2, 0.25) is 0 Å². The number of hydrogen-bond donors (Lipinski definition) is 0. The Balaban J connectivity index is 1.95. The topological polar surface area (TPSA) is 22.1 Å². The van der Waals surface area contributed by atoms with Crippen molar-refractivity contribution in [2.75, 3.05) is 0 Å². The summed E-state index contributed by atoms with van der Waals surface area (Å²) in [6, 6.07) is 5.94. The second-order valence-corrected chi connectivity index (χ2v) is 3.65. The van der Waals surface area contributed by atoms with Gasteiger partial charge >= 0.3 is 0 Å². The first kappa shape index (κ1) is 9.15. The minimum atomic E-state index is -0.258. The van der Waals surface area contributed by atoms with Gasteiger partial charge in [-0.25, -0.2) is 9.37 Å². The molecule has 72 valence electrons. The smallest absolute Gasteiger partial charge is 0.140 e. The molecule has 0 fully saturated rings. The fraction of sp³-hybridized carbons (Fsp3) is 0.100. The first-order valence-electron chi connectivity index (χ1n) is 4.11. The number of nitrogens with zero attached hydrogens (tertiary/aromatic N) is 1. The minimum Gasteiger partial charge on any atom is -0.486 e. The normalized spacial score (nSPS) is 10.1. The van der Waals surface area contributed by atoms with E-state index in [9.17, 15) is 4.39 Å². The second-order valence-electron chi connectivity index (χ2n) is 2.67. The molecule has 0 atom stereocenters. The Morgan fingerprint density at radius 3 is 2.71 bits per heavy atom. The molecule has 0 unspecified atom stereocenters. The van der Waals surface area contributed by atoms with Crippen LogP contribution in [0.4, 0.5) is 4.39 Å². The average Bonchev–Trinajstić information content (AvgIpc) is 2.70. The molecule has 1 heterocycles. The highest BCUT2D eigenvalue weighted by molar-refractivity contribution is 7.09. The van der Waals surface area contributed by atoms with Gasteiger partial charge in [-0.2, -0.15) is 0 Å². The summed E-state index contributed by atoms with van der Waals surface area (Å²) in [6.07, 6.45) is 1.73. The molecule has 2 rings (SSSR count). The van der Waals surface area contributed by atoms with Crippen molar-refractivity contribution < 1.29 is 9.13 Å². The van der Waals surface area contributed by atoms with E-state index >= 15 is 0 Å². The van der Waals surface area contributed by atoms with Gasteiger partial charge in [0.25, 0.3) is 0 Å². The lowest BCUT2D eigenvalue weighted by molar-refractivity contribution is 0.305. The first-order chi connectivity index (χ1) is 6.84. The molecule has 0 N–H and O–H groups in total. The Hall–Kier alpha value is -1.42. The SMILES string of the molecule is Fc1ccc(OCc2nccs2)cc1. The molecular formula is C10H8FNOS. The maximum atomic E-state index is 12.5. The number of thiazole rings is 1. The molecule has 1 aromatic carbocycles. The van der Waals surface area contributed by atoms with Crippen molar-refractivity contribution in [2.24, 2.45) is 0 Å². The molecule has 0 saturated carbocycles. The van der Waals surface area contributed by atoms with Crippen LogP contribution in [-0.4, -0.2) is 4.98 Å². The van der Waals surface area contributed by atoms with E-state index in [0.717, 1.165) is 5.01 Å². The molecule has 0 amide bonds. The molecule has 1 aromatic heterocycles. The molecule has 2 nitrogen and oxygen atoms in total. The van der Waals surface area contributed by atoms with Crippen LogP contribution in [0, 0.1) is 5.82 Å². The van der Waals surface area contributed by atoms with Gasteiger partial charge in [-0.3, -0.25) is 0 Å². The largest absolute Gasteiger partial charge is 0.486 e. The van der Waals surface area contributed by atoms with Gasteiger partial charge in [0, 0.05) is 11.6 Å². The van der Waals surface area contributed by atoms with Crippen molar-refractivity contribution in [1.82, 2.24) is 4.98 Å². The highest BCUT2D eigenvalue weighted by atomic mass is 32.1. The third-order valence-corrected chi connectivity index (χ3v) is 2.41. The Bertz CT molecular complexity index is 385. The molecule has 0 spiro atoms. The van der Waals surface area contributed by atoms with Gasteiger partial charge in [0.1, 0.15) is 23.2 Å². The molecule has 0 aliphatic heterocycles. The Labute approximate surface area is 85.0 Å². The number of hydrogen-bond acceptors (Lipinski definition) is 3. The van der Waals surface area contributed by atoms with Crippen LogP contribution in [0.15, 0.2) is 35.8 Å². The summed E-state index contributed by atoms with van der Waals surface area (Å²) in [5.41, 5.74) is 0. The summed E-state index contributed by atoms with van der Waals surface area (Å²) < 4.78 is 17.9. The standard InChI is InChI=1S/C10H8FNOS/c11-8-1-3-9(4-2-8)13-7-10-12-5-6-14-10/h1-6H,7H2. The van der Waals surface area contributed by atoms with Crippen LogP contribution in [0.25, 0.3) is 0 Å². The van der Waals surface area contributed by atoms with Crippen molar-refractivity contribution in [3.63, 3.8) is 0 Å². The molecule has 14 heavy (non-hydrogen) atoms. The van der Waals surface area contributed by atoms with E-state index in [1.165, 1.54) is 23.5 Å². The lowest BCUT2D eigenvalue weighted by atomic mass is 10.3. The zero-order valence-electron chi connectivity index (χ0n) is 7.31. The number of ether oxygens (including phenoxy) is 1. The quantitative estimate of drug-likeness (QED) is 0.775. The third-order valence-electron chi connectivity index (χ3n) is 1.66. The van der Waals surface area contributed by atoms with E-state index in [0.29, 0.717) is 12.4 Å². The van der Waals surface area contributed by atoms with Gasteiger partial charge in [-0.1, -0.05) is 0 Å². The van der Waals surface area contributed by atoms with Crippen LogP contribution in [0.3, 0.4) is 0 Å². The molecule has 0 bridgehead atoms. The summed E-state index contributed by atoms with van der Waals surface area (Å²) in [4.78, 5) is 4.07. The Morgan fingerprint density at radius 1 is 1.29 bits per heavy atom. The van der Waals surface area contributed by atoms with Crippen LogP contribution < -0.4 is 4.74 Å². The van der Waals surface area contributed by atoms with Crippen molar-refractivity contribution in [3.8, 4) is 5.75 Å². The maximum absolute atomic E-state index is 12.5. The summed E-state index contributed by atoms with van der Waals surface area (Å²) in [5, 5.41) is 2.80. The van der Waals surface area contributed by atoms with E-state index in [1.54, 1.807) is 18.3 Å². The molecule has 0 saturated heterocycles. The van der Waals surface area contributed by atoms with Crippen molar-refractivity contribution >= 4 is 11.3 Å². The van der Waals surface area contributed by atoms with Crippen LogP contribution >= 0.6 is 11.3 Å². The van der Waals surface area contributed by atoms with Gasteiger partial charge in [0.15, 0.2) is 0 Å². The average molecular weight is 209 g/mol. The monoisotopic (exact) mass is 209 g/mol. The van der Waals surface area contributed by atoms with Crippen LogP contribution in [0.1, 0.15) is 5.01 Å². The fourth-order valence-corrected chi connectivity index (χ4v) is 1.53. The summed E-state index contributed by atoms with van der Waals surface area (Å²) in [5.74, 6) is 0.396. The van der Waals surface area contributed by atoms with Gasteiger partial charge < -0.3 is 4.74 Å². The van der Waals surface area contributed by atoms with Crippen LogP contribution in [-0.2, 0) is 6.61 Å². The van der Waals surface area contributed by atoms with Gasteiger partial charge in [-0.15, -0.1) is 11.3 Å². The Kier molecular flexibility index (Phi) is 2.74. The van der Waals surface area contributed by atoms with Crippen molar-refractivity contribution in [2.45, 2.75) is 6.61 Å². The number of halogens is 1. The Morgan fingerprint density at radius 2 is 2.07 bits per heavy atom. The molecular weight excluding hydrogens is 201 g/mol. The zero-order chi connectivity index (χ0) is 9.80. The highest BCUT2D eigenvalue weighted by Crippen LogP contribution is 2.14. The molecule has 0 aliphatic carbocycles. The number of benzene rings is 1. The van der Waals surface area contributed by atoms with Crippen LogP contribution in [0.5, 0.6) is 5.75 Å². The van der Waals surface area contributed by atoms with E-state index in [4.69, 9.17) is 4.74 Å². The fourth-order valence-electron chi connectivity index (χ4n) is 1.00. The highest BCUT2D eigenvalue weighted by Gasteiger charge is 1.97. The summed E-state index contributed by atoms with van der Waals surface area (Å²) >= 11 is 1.54. The predicted octanol–water partition coefficient (Wildman–Crippen LogP) is 2.86.